The third kappa shape index (κ3) is 2.57. The fraction of sp³-hybridized carbons (Fsp3) is 0.333. The molecule has 0 unspecified atom stereocenters. The first-order valence-corrected chi connectivity index (χ1v) is 7.67. The molecule has 2 aromatic rings. The molecule has 0 atom stereocenters. The van der Waals surface area contributed by atoms with Gasteiger partial charge in [0.2, 0.25) is 0 Å². The standard InChI is InChI=1S/C15H16N2O3S/c18-13(17-19)11-1-3-12(4-2-11)15(5-8-20-9-6-15)14-16-7-10-21-14/h1-4,7,10,19H,5-6,8-9H2,(H,17,18). The third-order valence-corrected chi connectivity index (χ3v) is 4.97. The van der Waals surface area contributed by atoms with Crippen LogP contribution in [0.1, 0.15) is 33.8 Å². The number of amides is 1. The van der Waals surface area contributed by atoms with E-state index in [2.05, 4.69) is 4.98 Å². The van der Waals surface area contributed by atoms with Crippen molar-refractivity contribution >= 4 is 17.2 Å². The number of ether oxygens (including phenoxy) is 1. The van der Waals surface area contributed by atoms with Crippen LogP contribution in [0, 0.1) is 0 Å². The maximum Gasteiger partial charge on any atom is 0.274 e. The lowest BCUT2D eigenvalue weighted by Gasteiger charge is -2.36. The molecule has 3 rings (SSSR count). The zero-order chi connectivity index (χ0) is 14.7. The van der Waals surface area contributed by atoms with Crippen molar-refractivity contribution in [2.75, 3.05) is 13.2 Å². The Kier molecular flexibility index (Phi) is 4.01. The van der Waals surface area contributed by atoms with E-state index in [0.717, 1.165) is 23.4 Å². The van der Waals surface area contributed by atoms with Crippen LogP contribution < -0.4 is 5.48 Å². The largest absolute Gasteiger partial charge is 0.381 e. The molecule has 1 fully saturated rings. The van der Waals surface area contributed by atoms with Crippen molar-refractivity contribution in [3.8, 4) is 0 Å². The van der Waals surface area contributed by atoms with E-state index >= 15 is 0 Å². The molecule has 1 saturated heterocycles. The molecule has 0 bridgehead atoms. The average Bonchev–Trinajstić information content (AvgIpc) is 3.10. The van der Waals surface area contributed by atoms with E-state index in [0.29, 0.717) is 18.8 Å². The van der Waals surface area contributed by atoms with Gasteiger partial charge in [-0.15, -0.1) is 11.3 Å². The molecule has 5 nitrogen and oxygen atoms in total. The van der Waals surface area contributed by atoms with Gasteiger partial charge in [-0.05, 0) is 30.5 Å². The lowest BCUT2D eigenvalue weighted by molar-refractivity contribution is 0.0629. The van der Waals surface area contributed by atoms with Crippen molar-refractivity contribution < 1.29 is 14.7 Å². The predicted molar refractivity (Wildman–Crippen MR) is 78.6 cm³/mol. The molecule has 1 aliphatic rings. The Labute approximate surface area is 126 Å². The normalized spacial score (nSPS) is 17.4. The van der Waals surface area contributed by atoms with Crippen molar-refractivity contribution in [3.63, 3.8) is 0 Å². The fourth-order valence-corrected chi connectivity index (χ4v) is 3.73. The van der Waals surface area contributed by atoms with Gasteiger partial charge in [0, 0.05) is 30.4 Å². The van der Waals surface area contributed by atoms with Gasteiger partial charge in [-0.25, -0.2) is 10.5 Å². The number of rotatable bonds is 3. The van der Waals surface area contributed by atoms with Crippen molar-refractivity contribution in [1.82, 2.24) is 10.5 Å². The Morgan fingerprint density at radius 2 is 2.00 bits per heavy atom. The molecule has 0 saturated carbocycles. The zero-order valence-corrected chi connectivity index (χ0v) is 12.2. The van der Waals surface area contributed by atoms with E-state index in [1.54, 1.807) is 28.9 Å². The van der Waals surface area contributed by atoms with E-state index in [4.69, 9.17) is 9.94 Å². The maximum absolute atomic E-state index is 11.4. The molecule has 2 N–H and O–H groups in total. The van der Waals surface area contributed by atoms with Gasteiger partial charge in [0.15, 0.2) is 0 Å². The summed E-state index contributed by atoms with van der Waals surface area (Å²) < 4.78 is 5.50. The third-order valence-electron chi connectivity index (χ3n) is 3.99. The summed E-state index contributed by atoms with van der Waals surface area (Å²) in [5.74, 6) is -0.503. The highest BCUT2D eigenvalue weighted by Crippen LogP contribution is 2.42. The first-order chi connectivity index (χ1) is 10.3. The number of hydrogen-bond donors (Lipinski definition) is 2. The topological polar surface area (TPSA) is 71.5 Å². The molecule has 110 valence electrons. The van der Waals surface area contributed by atoms with Crippen LogP contribution >= 0.6 is 11.3 Å². The summed E-state index contributed by atoms with van der Waals surface area (Å²) in [6.07, 6.45) is 3.59. The lowest BCUT2D eigenvalue weighted by Crippen LogP contribution is -2.35. The van der Waals surface area contributed by atoms with Gasteiger partial charge in [-0.1, -0.05) is 12.1 Å². The minimum Gasteiger partial charge on any atom is -0.381 e. The second-order valence-electron chi connectivity index (χ2n) is 5.05. The van der Waals surface area contributed by atoms with Crippen molar-refractivity contribution in [2.45, 2.75) is 18.3 Å². The molecule has 2 heterocycles. The Bertz CT molecular complexity index is 604. The molecule has 21 heavy (non-hydrogen) atoms. The minimum atomic E-state index is -0.503. The second-order valence-corrected chi connectivity index (χ2v) is 5.94. The van der Waals surface area contributed by atoms with Gasteiger partial charge < -0.3 is 4.74 Å². The van der Waals surface area contributed by atoms with Crippen LogP contribution in [0.4, 0.5) is 0 Å². The summed E-state index contributed by atoms with van der Waals surface area (Å²) in [5.41, 5.74) is 3.08. The second kappa shape index (κ2) is 5.93. The lowest BCUT2D eigenvalue weighted by atomic mass is 9.74. The molecule has 0 spiro atoms. The first-order valence-electron chi connectivity index (χ1n) is 6.79. The van der Waals surface area contributed by atoms with Crippen molar-refractivity contribution in [1.29, 1.82) is 0 Å². The molecule has 0 radical (unpaired) electrons. The quantitative estimate of drug-likeness (QED) is 0.674. The van der Waals surface area contributed by atoms with Crippen molar-refractivity contribution in [3.05, 3.63) is 52.0 Å². The van der Waals surface area contributed by atoms with Crippen LogP contribution in [0.25, 0.3) is 0 Å². The number of thiazole rings is 1. The molecule has 6 heteroatoms. The van der Waals surface area contributed by atoms with Gasteiger partial charge in [0.25, 0.3) is 5.91 Å². The number of hydroxylamine groups is 1. The molecular formula is C15H16N2O3S. The van der Waals surface area contributed by atoms with E-state index in [-0.39, 0.29) is 5.41 Å². The van der Waals surface area contributed by atoms with Gasteiger partial charge in [-0.2, -0.15) is 0 Å². The summed E-state index contributed by atoms with van der Waals surface area (Å²) >= 11 is 1.65. The number of hydrogen-bond acceptors (Lipinski definition) is 5. The summed E-state index contributed by atoms with van der Waals surface area (Å²) in [5, 5.41) is 11.8. The van der Waals surface area contributed by atoms with E-state index in [1.165, 1.54) is 0 Å². The van der Waals surface area contributed by atoms with E-state index in [1.807, 2.05) is 23.7 Å². The summed E-state index contributed by atoms with van der Waals surface area (Å²) in [6, 6.07) is 7.34. The zero-order valence-electron chi connectivity index (χ0n) is 11.4. The van der Waals surface area contributed by atoms with Gasteiger partial charge >= 0.3 is 0 Å². The van der Waals surface area contributed by atoms with Crippen LogP contribution in [0.3, 0.4) is 0 Å². The van der Waals surface area contributed by atoms with Crippen LogP contribution in [0.2, 0.25) is 0 Å². The molecule has 1 aromatic carbocycles. The summed E-state index contributed by atoms with van der Waals surface area (Å²) in [6.45, 7) is 1.41. The molecule has 1 aliphatic heterocycles. The highest BCUT2D eigenvalue weighted by Gasteiger charge is 2.38. The van der Waals surface area contributed by atoms with Gasteiger partial charge in [0.05, 0.1) is 5.41 Å². The Hall–Kier alpha value is -1.76. The Balaban J connectivity index is 1.99. The molecule has 1 amide bonds. The molecular weight excluding hydrogens is 288 g/mol. The maximum atomic E-state index is 11.4. The average molecular weight is 304 g/mol. The number of aromatic nitrogens is 1. The molecule has 1 aromatic heterocycles. The number of carbonyl (C=O) groups is 1. The first kappa shape index (κ1) is 14.2. The summed E-state index contributed by atoms with van der Waals surface area (Å²) in [4.78, 5) is 15.9. The van der Waals surface area contributed by atoms with Crippen LogP contribution in [0.5, 0.6) is 0 Å². The fourth-order valence-electron chi connectivity index (χ4n) is 2.81. The predicted octanol–water partition coefficient (Wildman–Crippen LogP) is 2.36. The molecule has 0 aliphatic carbocycles. The van der Waals surface area contributed by atoms with Crippen molar-refractivity contribution in [2.24, 2.45) is 0 Å². The number of benzene rings is 1. The van der Waals surface area contributed by atoms with Gasteiger partial charge in [-0.3, -0.25) is 10.0 Å². The van der Waals surface area contributed by atoms with E-state index < -0.39 is 5.91 Å². The van der Waals surface area contributed by atoms with Gasteiger partial charge in [0.1, 0.15) is 5.01 Å². The minimum absolute atomic E-state index is 0.138. The SMILES string of the molecule is O=C(NO)c1ccc(C2(c3nccs3)CCOCC2)cc1. The van der Waals surface area contributed by atoms with Crippen LogP contribution in [-0.2, 0) is 10.2 Å². The Morgan fingerprint density at radius 1 is 1.29 bits per heavy atom. The highest BCUT2D eigenvalue weighted by molar-refractivity contribution is 7.09. The number of nitrogens with zero attached hydrogens (tertiary/aromatic N) is 1. The van der Waals surface area contributed by atoms with Crippen LogP contribution in [-0.4, -0.2) is 29.3 Å². The highest BCUT2D eigenvalue weighted by atomic mass is 32.1. The van der Waals surface area contributed by atoms with Crippen LogP contribution in [0.15, 0.2) is 35.8 Å². The van der Waals surface area contributed by atoms with E-state index in [9.17, 15) is 4.79 Å². The smallest absolute Gasteiger partial charge is 0.274 e. The Morgan fingerprint density at radius 3 is 2.57 bits per heavy atom. The number of nitrogens with one attached hydrogen (secondary N) is 1. The number of carbonyl (C=O) groups excluding carboxylic acids is 1. The monoisotopic (exact) mass is 304 g/mol. The summed E-state index contributed by atoms with van der Waals surface area (Å²) in [7, 11) is 0.